The lowest BCUT2D eigenvalue weighted by molar-refractivity contribution is 0.280. The van der Waals surface area contributed by atoms with Crippen LogP contribution in [0.1, 0.15) is 19.9 Å². The summed E-state index contributed by atoms with van der Waals surface area (Å²) in [4.78, 5) is 11.1. The minimum atomic E-state index is -0.0563. The predicted octanol–water partition coefficient (Wildman–Crippen LogP) is 2.70. The first kappa shape index (κ1) is 19.5. The van der Waals surface area contributed by atoms with Gasteiger partial charge < -0.3 is 20.4 Å². The molecule has 0 saturated carbocycles. The number of hydrogen-bond acceptors (Lipinski definition) is 7. The van der Waals surface area contributed by atoms with Crippen LogP contribution in [0.25, 0.3) is 11.0 Å². The topological polar surface area (TPSA) is 99.3 Å². The SMILES string of the molecule is CC(C)n1ncc2c(Nc3cccc(Br)c3)nc(N(CCO)CCO)nc21. The quantitative estimate of drug-likeness (QED) is 0.500. The van der Waals surface area contributed by atoms with Crippen molar-refractivity contribution in [1.82, 2.24) is 19.7 Å². The molecule has 3 aromatic rings. The molecule has 0 aliphatic carbocycles. The van der Waals surface area contributed by atoms with E-state index in [0.29, 0.717) is 30.5 Å². The second-order valence-corrected chi connectivity index (χ2v) is 7.28. The summed E-state index contributed by atoms with van der Waals surface area (Å²) >= 11 is 3.47. The normalized spacial score (nSPS) is 11.3. The van der Waals surface area contributed by atoms with E-state index in [1.54, 1.807) is 11.1 Å². The van der Waals surface area contributed by atoms with Gasteiger partial charge in [0, 0.05) is 29.3 Å². The Morgan fingerprint density at radius 1 is 1.19 bits per heavy atom. The van der Waals surface area contributed by atoms with E-state index in [1.807, 2.05) is 42.8 Å². The summed E-state index contributed by atoms with van der Waals surface area (Å²) < 4.78 is 2.79. The van der Waals surface area contributed by atoms with Gasteiger partial charge >= 0.3 is 0 Å². The van der Waals surface area contributed by atoms with Gasteiger partial charge in [-0.2, -0.15) is 15.1 Å². The molecule has 9 heteroatoms. The highest BCUT2D eigenvalue weighted by Gasteiger charge is 2.18. The Bertz CT molecular complexity index is 908. The molecule has 2 aromatic heterocycles. The minimum absolute atomic E-state index is 0.0563. The first-order chi connectivity index (χ1) is 13.0. The number of benzene rings is 1. The van der Waals surface area contributed by atoms with Gasteiger partial charge in [-0.3, -0.25) is 0 Å². The second-order valence-electron chi connectivity index (χ2n) is 6.36. The van der Waals surface area contributed by atoms with Gasteiger partial charge in [0.2, 0.25) is 5.95 Å². The Morgan fingerprint density at radius 2 is 1.93 bits per heavy atom. The van der Waals surface area contributed by atoms with E-state index in [2.05, 4.69) is 36.3 Å². The van der Waals surface area contributed by atoms with Crippen LogP contribution in [0.4, 0.5) is 17.5 Å². The Balaban J connectivity index is 2.12. The summed E-state index contributed by atoms with van der Waals surface area (Å²) in [5, 5.41) is 27.3. The van der Waals surface area contributed by atoms with Crippen molar-refractivity contribution < 1.29 is 10.2 Å². The Morgan fingerprint density at radius 3 is 2.56 bits per heavy atom. The fraction of sp³-hybridized carbons (Fsp3) is 0.389. The number of fused-ring (bicyclic) bond motifs is 1. The zero-order valence-corrected chi connectivity index (χ0v) is 16.9. The van der Waals surface area contributed by atoms with Crippen molar-refractivity contribution in [3.05, 3.63) is 34.9 Å². The molecule has 0 aliphatic rings. The molecule has 3 rings (SSSR count). The summed E-state index contributed by atoms with van der Waals surface area (Å²) in [6.45, 7) is 4.62. The number of aliphatic hydroxyl groups excluding tert-OH is 2. The van der Waals surface area contributed by atoms with Gasteiger partial charge in [-0.1, -0.05) is 22.0 Å². The van der Waals surface area contributed by atoms with Gasteiger partial charge in [0.05, 0.1) is 24.8 Å². The number of halogens is 1. The lowest BCUT2D eigenvalue weighted by Crippen LogP contribution is -2.31. The van der Waals surface area contributed by atoms with Gasteiger partial charge in [0.25, 0.3) is 0 Å². The zero-order chi connectivity index (χ0) is 19.4. The molecular weight excluding hydrogens is 412 g/mol. The smallest absolute Gasteiger partial charge is 0.229 e. The van der Waals surface area contributed by atoms with Gasteiger partial charge in [0.1, 0.15) is 5.82 Å². The van der Waals surface area contributed by atoms with Crippen LogP contribution in [0.5, 0.6) is 0 Å². The van der Waals surface area contributed by atoms with Crippen LogP contribution < -0.4 is 10.2 Å². The maximum Gasteiger partial charge on any atom is 0.229 e. The molecule has 27 heavy (non-hydrogen) atoms. The molecule has 0 fully saturated rings. The monoisotopic (exact) mass is 434 g/mol. The van der Waals surface area contributed by atoms with E-state index in [4.69, 9.17) is 0 Å². The third kappa shape index (κ3) is 4.37. The van der Waals surface area contributed by atoms with Gasteiger partial charge in [-0.15, -0.1) is 0 Å². The summed E-state index contributed by atoms with van der Waals surface area (Å²) in [6.07, 6.45) is 1.75. The van der Waals surface area contributed by atoms with Crippen LogP contribution in [0.15, 0.2) is 34.9 Å². The Kier molecular flexibility index (Phi) is 6.25. The average molecular weight is 435 g/mol. The van der Waals surface area contributed by atoms with Crippen molar-refractivity contribution in [2.75, 3.05) is 36.5 Å². The lowest BCUT2D eigenvalue weighted by Gasteiger charge is -2.21. The van der Waals surface area contributed by atoms with Crippen LogP contribution in [-0.4, -0.2) is 56.3 Å². The zero-order valence-electron chi connectivity index (χ0n) is 15.3. The number of anilines is 3. The molecule has 0 bridgehead atoms. The third-order valence-corrected chi connectivity index (χ3v) is 4.53. The minimum Gasteiger partial charge on any atom is -0.395 e. The maximum atomic E-state index is 9.36. The third-order valence-electron chi connectivity index (χ3n) is 4.04. The maximum absolute atomic E-state index is 9.36. The molecule has 1 aromatic carbocycles. The number of nitrogens with one attached hydrogen (secondary N) is 1. The standard InChI is InChI=1S/C18H23BrN6O2/c1-12(2)25-17-15(11-20-25)16(21-14-5-3-4-13(19)10-14)22-18(23-17)24(6-8-26)7-9-27/h3-5,10-12,26-27H,6-9H2,1-2H3,(H,21,22,23). The molecule has 2 heterocycles. The Hall–Kier alpha value is -2.23. The van der Waals surface area contributed by atoms with Crippen LogP contribution in [0, 0.1) is 0 Å². The largest absolute Gasteiger partial charge is 0.395 e. The summed E-state index contributed by atoms with van der Waals surface area (Å²) in [7, 11) is 0. The number of hydrogen-bond donors (Lipinski definition) is 3. The fourth-order valence-electron chi connectivity index (χ4n) is 2.79. The first-order valence-electron chi connectivity index (χ1n) is 8.78. The van der Waals surface area contributed by atoms with Gasteiger partial charge in [-0.25, -0.2) is 4.68 Å². The summed E-state index contributed by atoms with van der Waals surface area (Å²) in [5.74, 6) is 1.06. The molecule has 3 N–H and O–H groups in total. The molecule has 0 amide bonds. The highest BCUT2D eigenvalue weighted by Crippen LogP contribution is 2.28. The van der Waals surface area contributed by atoms with Crippen LogP contribution in [-0.2, 0) is 0 Å². The Labute approximate surface area is 166 Å². The molecule has 0 aliphatic heterocycles. The summed E-state index contributed by atoms with van der Waals surface area (Å²) in [5.41, 5.74) is 1.58. The molecule has 8 nitrogen and oxygen atoms in total. The molecule has 144 valence electrons. The van der Waals surface area contributed by atoms with E-state index < -0.39 is 0 Å². The summed E-state index contributed by atoms with van der Waals surface area (Å²) in [6, 6.07) is 7.93. The van der Waals surface area contributed by atoms with E-state index in [0.717, 1.165) is 15.5 Å². The van der Waals surface area contributed by atoms with Crippen molar-refractivity contribution in [3.63, 3.8) is 0 Å². The van der Waals surface area contributed by atoms with E-state index in [9.17, 15) is 10.2 Å². The van der Waals surface area contributed by atoms with E-state index in [1.165, 1.54) is 0 Å². The second kappa shape index (κ2) is 8.64. The van der Waals surface area contributed by atoms with Crippen molar-refractivity contribution in [1.29, 1.82) is 0 Å². The van der Waals surface area contributed by atoms with Crippen molar-refractivity contribution in [2.45, 2.75) is 19.9 Å². The molecule has 0 atom stereocenters. The van der Waals surface area contributed by atoms with Crippen LogP contribution in [0.3, 0.4) is 0 Å². The number of aliphatic hydroxyl groups is 2. The molecule has 0 saturated heterocycles. The molecular formula is C18H23BrN6O2. The highest BCUT2D eigenvalue weighted by molar-refractivity contribution is 9.10. The van der Waals surface area contributed by atoms with Crippen LogP contribution >= 0.6 is 15.9 Å². The van der Waals surface area contributed by atoms with Crippen molar-refractivity contribution in [3.8, 4) is 0 Å². The van der Waals surface area contributed by atoms with E-state index in [-0.39, 0.29) is 19.3 Å². The van der Waals surface area contributed by atoms with E-state index >= 15 is 0 Å². The number of rotatable bonds is 8. The van der Waals surface area contributed by atoms with Crippen molar-refractivity contribution >= 4 is 44.4 Å². The fourth-order valence-corrected chi connectivity index (χ4v) is 3.18. The highest BCUT2D eigenvalue weighted by atomic mass is 79.9. The van der Waals surface area contributed by atoms with Crippen molar-refractivity contribution in [2.24, 2.45) is 0 Å². The first-order valence-corrected chi connectivity index (χ1v) is 9.57. The molecule has 0 spiro atoms. The predicted molar refractivity (Wildman–Crippen MR) is 110 cm³/mol. The van der Waals surface area contributed by atoms with Crippen LogP contribution in [0.2, 0.25) is 0 Å². The number of aromatic nitrogens is 4. The molecule has 0 unspecified atom stereocenters. The number of nitrogens with zero attached hydrogens (tertiary/aromatic N) is 5. The average Bonchev–Trinajstić information content (AvgIpc) is 3.06. The van der Waals surface area contributed by atoms with Gasteiger partial charge in [-0.05, 0) is 32.0 Å². The van der Waals surface area contributed by atoms with Gasteiger partial charge in [0.15, 0.2) is 5.65 Å². The molecule has 0 radical (unpaired) electrons. The lowest BCUT2D eigenvalue weighted by atomic mass is 10.3.